The van der Waals surface area contributed by atoms with E-state index in [1.807, 2.05) is 0 Å². The molecule has 0 amide bonds. The first kappa shape index (κ1) is 16.2. The third kappa shape index (κ3) is 3.55. The van der Waals surface area contributed by atoms with Gasteiger partial charge in [-0.3, -0.25) is 4.90 Å². The lowest BCUT2D eigenvalue weighted by atomic mass is 9.92. The molecular formula is C15H30N2O2S. The Morgan fingerprint density at radius 2 is 1.95 bits per heavy atom. The molecular weight excluding hydrogens is 272 g/mol. The summed E-state index contributed by atoms with van der Waals surface area (Å²) in [5.74, 6) is 1.23. The smallest absolute Gasteiger partial charge is 0.152 e. The van der Waals surface area contributed by atoms with Crippen LogP contribution in [0, 0.1) is 5.92 Å². The average molecular weight is 302 g/mol. The topological polar surface area (TPSA) is 63.4 Å². The molecule has 1 heterocycles. The van der Waals surface area contributed by atoms with Crippen molar-refractivity contribution in [1.29, 1.82) is 0 Å². The van der Waals surface area contributed by atoms with Crippen LogP contribution in [0.4, 0.5) is 0 Å². The first-order valence-electron chi connectivity index (χ1n) is 8.06. The number of sulfone groups is 1. The summed E-state index contributed by atoms with van der Waals surface area (Å²) in [4.78, 5) is 2.49. The molecule has 0 spiro atoms. The molecule has 0 aromatic carbocycles. The molecule has 1 aliphatic heterocycles. The second-order valence-electron chi connectivity index (χ2n) is 7.08. The summed E-state index contributed by atoms with van der Waals surface area (Å²) in [5, 5.41) is 0. The third-order valence-electron chi connectivity index (χ3n) is 5.07. The number of hydrogen-bond acceptors (Lipinski definition) is 4. The molecule has 0 aromatic heterocycles. The first-order chi connectivity index (χ1) is 9.38. The largest absolute Gasteiger partial charge is 0.329 e. The van der Waals surface area contributed by atoms with E-state index in [9.17, 15) is 8.42 Å². The minimum atomic E-state index is -2.90. The summed E-state index contributed by atoms with van der Waals surface area (Å²) in [5.41, 5.74) is 5.77. The van der Waals surface area contributed by atoms with E-state index in [0.717, 1.165) is 19.4 Å². The summed E-state index contributed by atoms with van der Waals surface area (Å²) in [6.07, 6.45) is 6.81. The Balaban J connectivity index is 2.18. The van der Waals surface area contributed by atoms with Crippen molar-refractivity contribution >= 4 is 9.84 Å². The van der Waals surface area contributed by atoms with Crippen molar-refractivity contribution in [3.8, 4) is 0 Å². The second-order valence-corrected chi connectivity index (χ2v) is 9.27. The Bertz CT molecular complexity index is 416. The van der Waals surface area contributed by atoms with Crippen LogP contribution in [0.25, 0.3) is 0 Å². The molecule has 1 saturated carbocycles. The summed E-state index contributed by atoms with van der Waals surface area (Å²) >= 11 is 0. The molecule has 1 saturated heterocycles. The van der Waals surface area contributed by atoms with Crippen molar-refractivity contribution in [2.45, 2.75) is 64.0 Å². The second kappa shape index (κ2) is 6.32. The lowest BCUT2D eigenvalue weighted by molar-refractivity contribution is 0.0627. The molecule has 2 aliphatic rings. The molecule has 0 bridgehead atoms. The van der Waals surface area contributed by atoms with Gasteiger partial charge < -0.3 is 5.73 Å². The number of nitrogens with zero attached hydrogens (tertiary/aromatic N) is 1. The van der Waals surface area contributed by atoms with Crippen LogP contribution >= 0.6 is 0 Å². The zero-order valence-corrected chi connectivity index (χ0v) is 13.8. The molecule has 2 N–H and O–H groups in total. The highest BCUT2D eigenvalue weighted by atomic mass is 32.2. The molecule has 118 valence electrons. The maximum atomic E-state index is 12.0. The zero-order chi connectivity index (χ0) is 14.8. The van der Waals surface area contributed by atoms with Crippen molar-refractivity contribution in [2.24, 2.45) is 11.7 Å². The number of nitrogens with two attached hydrogens (primary N) is 1. The van der Waals surface area contributed by atoms with Crippen molar-refractivity contribution < 1.29 is 8.42 Å². The number of hydrogen-bond donors (Lipinski definition) is 1. The third-order valence-corrected chi connectivity index (χ3v) is 6.87. The van der Waals surface area contributed by atoms with E-state index < -0.39 is 9.84 Å². The van der Waals surface area contributed by atoms with Crippen molar-refractivity contribution in [2.75, 3.05) is 24.6 Å². The van der Waals surface area contributed by atoms with Gasteiger partial charge in [0.2, 0.25) is 0 Å². The van der Waals surface area contributed by atoms with Crippen molar-refractivity contribution in [3.63, 3.8) is 0 Å². The van der Waals surface area contributed by atoms with Crippen LogP contribution in [0.5, 0.6) is 0 Å². The summed E-state index contributed by atoms with van der Waals surface area (Å²) in [6, 6.07) is 0.547. The van der Waals surface area contributed by atoms with Crippen LogP contribution in [0.1, 0.15) is 52.4 Å². The average Bonchev–Trinajstić information content (AvgIpc) is 2.98. The predicted molar refractivity (Wildman–Crippen MR) is 83.5 cm³/mol. The number of rotatable bonds is 6. The van der Waals surface area contributed by atoms with E-state index in [2.05, 4.69) is 18.7 Å². The Labute approximate surface area is 124 Å². The monoisotopic (exact) mass is 302 g/mol. The van der Waals surface area contributed by atoms with Gasteiger partial charge in [0.25, 0.3) is 0 Å². The highest BCUT2D eigenvalue weighted by Crippen LogP contribution is 2.36. The molecule has 20 heavy (non-hydrogen) atoms. The maximum Gasteiger partial charge on any atom is 0.152 e. The Morgan fingerprint density at radius 1 is 1.30 bits per heavy atom. The standard InChI is InChI=1S/C15H30N2O2S/c1-13(2)7-9-17(14-5-3-4-6-14)15(11-16)8-10-20(18,19)12-15/h13-14H,3-12,16H2,1-2H3. The van der Waals surface area contributed by atoms with E-state index in [1.54, 1.807) is 0 Å². The van der Waals surface area contributed by atoms with Crippen LogP contribution in [0.15, 0.2) is 0 Å². The Hall–Kier alpha value is -0.130. The van der Waals surface area contributed by atoms with Crippen LogP contribution < -0.4 is 5.73 Å². The van der Waals surface area contributed by atoms with Gasteiger partial charge >= 0.3 is 0 Å². The SMILES string of the molecule is CC(C)CCN(C1CCCC1)C1(CN)CCS(=O)(=O)C1. The van der Waals surface area contributed by atoms with Gasteiger partial charge in [-0.15, -0.1) is 0 Å². The Kier molecular flexibility index (Phi) is 5.14. The maximum absolute atomic E-state index is 12.0. The van der Waals surface area contributed by atoms with Crippen LogP contribution in [-0.4, -0.2) is 49.5 Å². The lowest BCUT2D eigenvalue weighted by Crippen LogP contribution is -2.58. The summed E-state index contributed by atoms with van der Waals surface area (Å²) < 4.78 is 24.0. The highest BCUT2D eigenvalue weighted by Gasteiger charge is 2.47. The lowest BCUT2D eigenvalue weighted by Gasteiger charge is -2.44. The van der Waals surface area contributed by atoms with Gasteiger partial charge in [-0.2, -0.15) is 0 Å². The van der Waals surface area contributed by atoms with E-state index in [-0.39, 0.29) is 11.3 Å². The van der Waals surface area contributed by atoms with E-state index in [4.69, 9.17) is 5.73 Å². The van der Waals surface area contributed by atoms with Gasteiger partial charge in [-0.1, -0.05) is 26.7 Å². The fraction of sp³-hybridized carbons (Fsp3) is 1.00. The molecule has 1 aliphatic carbocycles. The van der Waals surface area contributed by atoms with Gasteiger partial charge in [-0.05, 0) is 38.1 Å². The van der Waals surface area contributed by atoms with Gasteiger partial charge in [-0.25, -0.2) is 8.42 Å². The van der Waals surface area contributed by atoms with E-state index in [1.165, 1.54) is 25.7 Å². The van der Waals surface area contributed by atoms with Gasteiger partial charge in [0.15, 0.2) is 9.84 Å². The molecule has 1 unspecified atom stereocenters. The first-order valence-corrected chi connectivity index (χ1v) is 9.88. The van der Waals surface area contributed by atoms with Gasteiger partial charge in [0.05, 0.1) is 11.5 Å². The minimum Gasteiger partial charge on any atom is -0.329 e. The Morgan fingerprint density at radius 3 is 2.40 bits per heavy atom. The van der Waals surface area contributed by atoms with Crippen LogP contribution in [0.3, 0.4) is 0 Å². The van der Waals surface area contributed by atoms with Crippen LogP contribution in [-0.2, 0) is 9.84 Å². The van der Waals surface area contributed by atoms with Crippen LogP contribution in [0.2, 0.25) is 0 Å². The molecule has 2 fully saturated rings. The van der Waals surface area contributed by atoms with E-state index >= 15 is 0 Å². The molecule has 5 heteroatoms. The fourth-order valence-electron chi connectivity index (χ4n) is 3.82. The predicted octanol–water partition coefficient (Wildman–Crippen LogP) is 1.79. The van der Waals surface area contributed by atoms with E-state index in [0.29, 0.717) is 24.3 Å². The van der Waals surface area contributed by atoms with Gasteiger partial charge in [0.1, 0.15) is 0 Å². The zero-order valence-electron chi connectivity index (χ0n) is 13.0. The summed E-state index contributed by atoms with van der Waals surface area (Å²) in [7, 11) is -2.90. The van der Waals surface area contributed by atoms with Crippen molar-refractivity contribution in [3.05, 3.63) is 0 Å². The fourth-order valence-corrected chi connectivity index (χ4v) is 5.91. The molecule has 0 radical (unpaired) electrons. The minimum absolute atomic E-state index is 0.269. The van der Waals surface area contributed by atoms with Crippen molar-refractivity contribution in [1.82, 2.24) is 4.90 Å². The molecule has 4 nitrogen and oxygen atoms in total. The normalized spacial score (nSPS) is 30.6. The summed E-state index contributed by atoms with van der Waals surface area (Å²) in [6.45, 7) is 5.93. The molecule has 2 rings (SSSR count). The highest BCUT2D eigenvalue weighted by molar-refractivity contribution is 7.91. The quantitative estimate of drug-likeness (QED) is 0.812. The molecule has 1 atom stereocenters. The van der Waals surface area contributed by atoms with Gasteiger partial charge in [0, 0.05) is 18.1 Å². The molecule has 0 aromatic rings.